The summed E-state index contributed by atoms with van der Waals surface area (Å²) >= 11 is 0. The lowest BCUT2D eigenvalue weighted by Crippen LogP contribution is -2.17. The first-order valence-corrected chi connectivity index (χ1v) is 6.20. The summed E-state index contributed by atoms with van der Waals surface area (Å²) in [6.45, 7) is -2.58. The Morgan fingerprint density at radius 3 is 1.30 bits per heavy atom. The van der Waals surface area contributed by atoms with Crippen LogP contribution in [0.4, 0.5) is 0 Å². The molecule has 136 valence electrons. The van der Waals surface area contributed by atoms with Crippen LogP contribution in [-0.4, -0.2) is 76.5 Å². The molecule has 0 saturated heterocycles. The lowest BCUT2D eigenvalue weighted by atomic mass is 10.4. The first kappa shape index (κ1) is 21.6. The fraction of sp³-hybridized carbons (Fsp3) is 0.818. The number of aliphatic hydroxyl groups excluding tert-OH is 2. The Morgan fingerprint density at radius 1 is 0.565 bits per heavy atom. The number of aliphatic hydroxyl groups is 2. The van der Waals surface area contributed by atoms with Gasteiger partial charge in [-0.2, -0.15) is 0 Å². The van der Waals surface area contributed by atoms with Crippen LogP contribution in [0.3, 0.4) is 0 Å². The maximum atomic E-state index is 11.2. The SMILES string of the molecule is O=C(CC(=O)OCOCOCOCO)OCOCOCOCO. The van der Waals surface area contributed by atoms with Crippen molar-refractivity contribution >= 4 is 11.9 Å². The molecule has 0 heterocycles. The molecule has 0 aliphatic heterocycles. The van der Waals surface area contributed by atoms with Gasteiger partial charge in [-0.3, -0.25) is 9.59 Å². The average Bonchev–Trinajstić information content (AvgIpc) is 2.53. The van der Waals surface area contributed by atoms with E-state index in [1.54, 1.807) is 0 Å². The zero-order valence-corrected chi connectivity index (χ0v) is 12.3. The highest BCUT2D eigenvalue weighted by molar-refractivity contribution is 5.91. The molecule has 0 aromatic carbocycles. The van der Waals surface area contributed by atoms with Crippen molar-refractivity contribution in [3.05, 3.63) is 0 Å². The maximum absolute atomic E-state index is 11.2. The summed E-state index contributed by atoms with van der Waals surface area (Å²) in [7, 11) is 0. The lowest BCUT2D eigenvalue weighted by molar-refractivity contribution is -0.195. The Labute approximate surface area is 131 Å². The molecule has 0 aliphatic rings. The van der Waals surface area contributed by atoms with Crippen LogP contribution < -0.4 is 0 Å². The van der Waals surface area contributed by atoms with Crippen molar-refractivity contribution in [2.24, 2.45) is 0 Å². The highest BCUT2D eigenvalue weighted by Crippen LogP contribution is 1.93. The molecule has 12 heteroatoms. The predicted octanol–water partition coefficient (Wildman–Crippen LogP) is -1.79. The van der Waals surface area contributed by atoms with Gasteiger partial charge in [-0.15, -0.1) is 0 Å². The number of hydrogen-bond donors (Lipinski definition) is 2. The van der Waals surface area contributed by atoms with Gasteiger partial charge in [0.1, 0.15) is 20.0 Å². The molecule has 0 bridgehead atoms. The van der Waals surface area contributed by atoms with Gasteiger partial charge in [0.25, 0.3) is 0 Å². The van der Waals surface area contributed by atoms with Gasteiger partial charge < -0.3 is 48.1 Å². The van der Waals surface area contributed by atoms with Gasteiger partial charge in [0, 0.05) is 0 Å². The molecule has 12 nitrogen and oxygen atoms in total. The zero-order chi connectivity index (χ0) is 17.2. The molecular weight excluding hydrogens is 324 g/mol. The highest BCUT2D eigenvalue weighted by Gasteiger charge is 2.12. The van der Waals surface area contributed by atoms with Crippen molar-refractivity contribution < 1.29 is 57.7 Å². The van der Waals surface area contributed by atoms with Crippen molar-refractivity contribution in [2.75, 3.05) is 54.3 Å². The summed E-state index contributed by atoms with van der Waals surface area (Å²) in [5.41, 5.74) is 0. The van der Waals surface area contributed by atoms with E-state index >= 15 is 0 Å². The van der Waals surface area contributed by atoms with E-state index in [0.717, 1.165) is 0 Å². The summed E-state index contributed by atoms with van der Waals surface area (Å²) in [6.07, 6.45) is -0.615. The Hall–Kier alpha value is -1.38. The van der Waals surface area contributed by atoms with Crippen molar-refractivity contribution in [3.8, 4) is 0 Å². The van der Waals surface area contributed by atoms with Gasteiger partial charge in [-0.1, -0.05) is 0 Å². The summed E-state index contributed by atoms with van der Waals surface area (Å²) in [5, 5.41) is 16.5. The van der Waals surface area contributed by atoms with Crippen molar-refractivity contribution in [2.45, 2.75) is 6.42 Å². The van der Waals surface area contributed by atoms with E-state index in [-0.39, 0.29) is 27.2 Å². The third kappa shape index (κ3) is 16.8. The second kappa shape index (κ2) is 17.0. The quantitative estimate of drug-likeness (QED) is 0.141. The smallest absolute Gasteiger partial charge is 0.319 e. The van der Waals surface area contributed by atoms with Gasteiger partial charge in [-0.05, 0) is 0 Å². The van der Waals surface area contributed by atoms with Crippen LogP contribution in [0.5, 0.6) is 0 Å². The van der Waals surface area contributed by atoms with Gasteiger partial charge in [0.15, 0.2) is 40.8 Å². The van der Waals surface area contributed by atoms with Gasteiger partial charge >= 0.3 is 11.9 Å². The molecule has 23 heavy (non-hydrogen) atoms. The van der Waals surface area contributed by atoms with Crippen molar-refractivity contribution in [1.82, 2.24) is 0 Å². The van der Waals surface area contributed by atoms with Crippen LogP contribution in [0.25, 0.3) is 0 Å². The largest absolute Gasteiger partial charge is 0.438 e. The molecule has 0 fully saturated rings. The van der Waals surface area contributed by atoms with E-state index in [0.29, 0.717) is 0 Å². The number of hydrogen-bond acceptors (Lipinski definition) is 12. The summed E-state index contributed by atoms with van der Waals surface area (Å²) in [4.78, 5) is 22.4. The van der Waals surface area contributed by atoms with E-state index < -0.39 is 45.5 Å². The Bertz CT molecular complexity index is 269. The van der Waals surface area contributed by atoms with E-state index in [2.05, 4.69) is 18.9 Å². The van der Waals surface area contributed by atoms with E-state index in [9.17, 15) is 9.59 Å². The highest BCUT2D eigenvalue weighted by atomic mass is 16.8. The molecular formula is C11H20O12. The summed E-state index contributed by atoms with van der Waals surface area (Å²) < 4.78 is 36.8. The summed E-state index contributed by atoms with van der Waals surface area (Å²) in [5.74, 6) is -1.71. The van der Waals surface area contributed by atoms with Crippen LogP contribution in [0.15, 0.2) is 0 Å². The normalized spacial score (nSPS) is 10.5. The molecule has 0 saturated carbocycles. The minimum absolute atomic E-state index is 0.174. The fourth-order valence-corrected chi connectivity index (χ4v) is 0.881. The van der Waals surface area contributed by atoms with E-state index in [1.165, 1.54) is 0 Å². The Kier molecular flexibility index (Phi) is 16.0. The third-order valence-electron chi connectivity index (χ3n) is 1.74. The molecule has 0 atom stereocenters. The minimum Gasteiger partial charge on any atom is -0.438 e. The van der Waals surface area contributed by atoms with Crippen LogP contribution >= 0.6 is 0 Å². The molecule has 0 spiro atoms. The summed E-state index contributed by atoms with van der Waals surface area (Å²) in [6, 6.07) is 0. The molecule has 2 N–H and O–H groups in total. The molecule has 0 aromatic rings. The topological polar surface area (TPSA) is 148 Å². The van der Waals surface area contributed by atoms with Gasteiger partial charge in [-0.25, -0.2) is 0 Å². The molecule has 0 unspecified atom stereocenters. The number of esters is 2. The minimum atomic E-state index is -0.853. The third-order valence-corrected chi connectivity index (χ3v) is 1.74. The molecule has 0 aromatic heterocycles. The van der Waals surface area contributed by atoms with Crippen LogP contribution in [-0.2, 0) is 47.5 Å². The molecule has 0 radical (unpaired) electrons. The Balaban J connectivity index is 3.36. The molecule has 0 rings (SSSR count). The monoisotopic (exact) mass is 344 g/mol. The number of ether oxygens (including phenoxy) is 8. The Morgan fingerprint density at radius 2 is 0.913 bits per heavy atom. The van der Waals surface area contributed by atoms with Crippen molar-refractivity contribution in [3.63, 3.8) is 0 Å². The fourth-order valence-electron chi connectivity index (χ4n) is 0.881. The predicted molar refractivity (Wildman–Crippen MR) is 66.7 cm³/mol. The van der Waals surface area contributed by atoms with Crippen molar-refractivity contribution in [1.29, 1.82) is 0 Å². The second-order valence-corrected chi connectivity index (χ2v) is 3.40. The second-order valence-electron chi connectivity index (χ2n) is 3.40. The maximum Gasteiger partial charge on any atom is 0.319 e. The first-order chi connectivity index (χ1) is 11.2. The van der Waals surface area contributed by atoms with Crippen LogP contribution in [0, 0.1) is 0 Å². The molecule has 0 amide bonds. The number of rotatable bonds is 16. The van der Waals surface area contributed by atoms with Crippen LogP contribution in [0.1, 0.15) is 6.42 Å². The van der Waals surface area contributed by atoms with E-state index in [1.807, 2.05) is 0 Å². The lowest BCUT2D eigenvalue weighted by Gasteiger charge is -2.08. The number of carbonyl (C=O) groups excluding carboxylic acids is 2. The van der Waals surface area contributed by atoms with Gasteiger partial charge in [0.2, 0.25) is 0 Å². The van der Waals surface area contributed by atoms with E-state index in [4.69, 9.17) is 29.2 Å². The van der Waals surface area contributed by atoms with Crippen LogP contribution in [0.2, 0.25) is 0 Å². The first-order valence-electron chi connectivity index (χ1n) is 6.20. The standard InChI is InChI=1S/C11H20O12/c12-2-16-4-18-6-20-8-22-10(14)1-11(15)23-9-21-7-19-5-17-3-13/h12-13H,1-9H2. The zero-order valence-electron chi connectivity index (χ0n) is 12.3. The van der Waals surface area contributed by atoms with Gasteiger partial charge in [0.05, 0.1) is 0 Å². The number of carbonyl (C=O) groups is 2. The average molecular weight is 344 g/mol. The molecule has 0 aliphatic carbocycles.